The Bertz CT molecular complexity index is 2460. The van der Waals surface area contributed by atoms with Gasteiger partial charge in [0.1, 0.15) is 0 Å². The van der Waals surface area contributed by atoms with Gasteiger partial charge in [-0.1, -0.05) is 56.3 Å². The molecule has 6 nitrogen and oxygen atoms in total. The summed E-state index contributed by atoms with van der Waals surface area (Å²) in [5.74, 6) is 3.89. The average molecular weight is 675 g/mol. The molecule has 5 aromatic carbocycles. The van der Waals surface area contributed by atoms with E-state index in [0.717, 1.165) is 45.6 Å². The van der Waals surface area contributed by atoms with E-state index >= 15 is 0 Å². The van der Waals surface area contributed by atoms with Crippen LogP contribution in [0, 0.1) is 40.4 Å². The Morgan fingerprint density at radius 3 is 1.63 bits per heavy atom. The molecule has 52 heavy (non-hydrogen) atoms. The number of nitriles is 2. The third-order valence-electron chi connectivity index (χ3n) is 11.5. The number of fused-ring (bicyclic) bond motifs is 5. The van der Waals surface area contributed by atoms with Gasteiger partial charge in [-0.15, -0.1) is 0 Å². The standard InChI is InChI=1S/C46H38N6/c1-29-20-33-21-30(2)25-46(24-29,26-33)37-17-19-40-39-18-16-36(22-41(39)52(42(40)23-37)38-6-4-3-5-7-38)45-50-43(34-12-8-31(27-47)9-13-34)49-44(51-45)35-14-10-32(28-48)11-15-35/h3-19,22-23,29-30,33H,20-21,24-26H2,1-2H3/t29-,30+,33?,46?. The molecule has 6 heteroatoms. The summed E-state index contributed by atoms with van der Waals surface area (Å²) in [6.07, 6.45) is 6.54. The van der Waals surface area contributed by atoms with Crippen LogP contribution in [-0.2, 0) is 5.41 Å². The fraction of sp³-hybridized carbons (Fsp3) is 0.239. The predicted octanol–water partition coefficient (Wildman–Crippen LogP) is 10.8. The van der Waals surface area contributed by atoms with E-state index in [1.165, 1.54) is 54.0 Å². The van der Waals surface area contributed by atoms with Gasteiger partial charge in [-0.3, -0.25) is 0 Å². The van der Waals surface area contributed by atoms with Crippen LogP contribution < -0.4 is 0 Å². The third-order valence-corrected chi connectivity index (χ3v) is 11.5. The van der Waals surface area contributed by atoms with Gasteiger partial charge in [0.2, 0.25) is 0 Å². The number of hydrogen-bond donors (Lipinski definition) is 0. The zero-order valence-electron chi connectivity index (χ0n) is 29.4. The van der Waals surface area contributed by atoms with E-state index in [1.807, 2.05) is 24.3 Å². The summed E-state index contributed by atoms with van der Waals surface area (Å²) in [7, 11) is 0. The lowest BCUT2D eigenvalue weighted by molar-refractivity contribution is 0.0781. The van der Waals surface area contributed by atoms with Crippen molar-refractivity contribution < 1.29 is 0 Å². The highest BCUT2D eigenvalue weighted by molar-refractivity contribution is 6.10. The van der Waals surface area contributed by atoms with Crippen molar-refractivity contribution in [1.29, 1.82) is 10.5 Å². The lowest BCUT2D eigenvalue weighted by Gasteiger charge is -2.50. The van der Waals surface area contributed by atoms with Crippen LogP contribution in [-0.4, -0.2) is 19.5 Å². The molecule has 0 amide bonds. The first kappa shape index (κ1) is 31.8. The summed E-state index contributed by atoms with van der Waals surface area (Å²) in [5.41, 5.74) is 8.76. The van der Waals surface area contributed by atoms with Crippen molar-refractivity contribution in [1.82, 2.24) is 19.5 Å². The van der Waals surface area contributed by atoms with Crippen molar-refractivity contribution in [3.05, 3.63) is 132 Å². The summed E-state index contributed by atoms with van der Waals surface area (Å²) in [5, 5.41) is 21.2. The minimum absolute atomic E-state index is 0.228. The van der Waals surface area contributed by atoms with E-state index in [-0.39, 0.29) is 5.41 Å². The Morgan fingerprint density at radius 2 is 1.08 bits per heavy atom. The van der Waals surface area contributed by atoms with Crippen LogP contribution in [0.25, 0.3) is 61.7 Å². The van der Waals surface area contributed by atoms with Crippen LogP contribution in [0.15, 0.2) is 115 Å². The van der Waals surface area contributed by atoms with E-state index in [2.05, 4.69) is 97.3 Å². The quantitative estimate of drug-likeness (QED) is 0.181. The largest absolute Gasteiger partial charge is 0.309 e. The maximum absolute atomic E-state index is 9.40. The third kappa shape index (κ3) is 5.52. The minimum atomic E-state index is 0.228. The Labute approximate surface area is 304 Å². The Balaban J connectivity index is 1.24. The van der Waals surface area contributed by atoms with Crippen molar-refractivity contribution in [3.8, 4) is 52.0 Å². The average Bonchev–Trinajstić information content (AvgIpc) is 3.50. The van der Waals surface area contributed by atoms with Crippen molar-refractivity contribution >= 4 is 21.8 Å². The van der Waals surface area contributed by atoms with Crippen LogP contribution in [0.1, 0.15) is 62.6 Å². The molecule has 0 N–H and O–H groups in total. The highest BCUT2D eigenvalue weighted by Gasteiger charge is 2.45. The zero-order chi connectivity index (χ0) is 35.4. The smallest absolute Gasteiger partial charge is 0.164 e. The molecule has 0 radical (unpaired) electrons. The summed E-state index contributed by atoms with van der Waals surface area (Å²) in [4.78, 5) is 14.9. The van der Waals surface area contributed by atoms with Crippen LogP contribution in [0.2, 0.25) is 0 Å². The van der Waals surface area contributed by atoms with Gasteiger partial charge in [-0.2, -0.15) is 10.5 Å². The molecule has 7 aromatic rings. The van der Waals surface area contributed by atoms with Crippen molar-refractivity contribution in [2.75, 3.05) is 0 Å². The first-order valence-electron chi connectivity index (χ1n) is 18.3. The lowest BCUT2D eigenvalue weighted by atomic mass is 9.54. The lowest BCUT2D eigenvalue weighted by Crippen LogP contribution is -2.42. The van der Waals surface area contributed by atoms with Crippen molar-refractivity contribution in [2.45, 2.75) is 51.4 Å². The molecule has 2 fully saturated rings. The fourth-order valence-corrected chi connectivity index (χ4v) is 9.55. The van der Waals surface area contributed by atoms with Crippen LogP contribution in [0.5, 0.6) is 0 Å². The Kier molecular flexibility index (Phi) is 7.71. The van der Waals surface area contributed by atoms with E-state index in [1.54, 1.807) is 24.3 Å². The van der Waals surface area contributed by atoms with Gasteiger partial charge in [0.15, 0.2) is 17.5 Å². The molecular weight excluding hydrogens is 637 g/mol. The van der Waals surface area contributed by atoms with E-state index in [0.29, 0.717) is 28.6 Å². The van der Waals surface area contributed by atoms with Crippen molar-refractivity contribution in [2.24, 2.45) is 17.8 Å². The number of nitrogens with zero attached hydrogens (tertiary/aromatic N) is 6. The maximum atomic E-state index is 9.40. The van der Waals surface area contributed by atoms with Gasteiger partial charge in [0, 0.05) is 33.2 Å². The molecule has 252 valence electrons. The van der Waals surface area contributed by atoms with Crippen LogP contribution >= 0.6 is 0 Å². The second kappa shape index (κ2) is 12.6. The Hall–Kier alpha value is -6.11. The van der Waals surface area contributed by atoms with E-state index < -0.39 is 0 Å². The van der Waals surface area contributed by atoms with Gasteiger partial charge in [0.05, 0.1) is 34.3 Å². The maximum Gasteiger partial charge on any atom is 0.164 e. The minimum Gasteiger partial charge on any atom is -0.309 e. The fourth-order valence-electron chi connectivity index (χ4n) is 9.55. The molecular formula is C46H38N6. The van der Waals surface area contributed by atoms with Crippen LogP contribution in [0.4, 0.5) is 0 Å². The topological polar surface area (TPSA) is 91.2 Å². The van der Waals surface area contributed by atoms with Crippen molar-refractivity contribution in [3.63, 3.8) is 0 Å². The molecule has 2 aromatic heterocycles. The van der Waals surface area contributed by atoms with Gasteiger partial charge in [-0.05, 0) is 134 Å². The molecule has 2 aliphatic carbocycles. The molecule has 0 saturated heterocycles. The molecule has 2 unspecified atom stereocenters. The first-order valence-corrected chi connectivity index (χ1v) is 18.3. The molecule has 2 saturated carbocycles. The molecule has 0 spiro atoms. The van der Waals surface area contributed by atoms with Gasteiger partial charge in [0.25, 0.3) is 0 Å². The number of para-hydroxylation sites is 1. The Morgan fingerprint density at radius 1 is 0.577 bits per heavy atom. The summed E-state index contributed by atoms with van der Waals surface area (Å²) in [6, 6.07) is 43.5. The number of aromatic nitrogens is 4. The molecule has 9 rings (SSSR count). The number of hydrogen-bond acceptors (Lipinski definition) is 5. The normalized spacial score (nSPS) is 21.1. The molecule has 2 aliphatic rings. The van der Waals surface area contributed by atoms with Gasteiger partial charge < -0.3 is 4.57 Å². The predicted molar refractivity (Wildman–Crippen MR) is 206 cm³/mol. The van der Waals surface area contributed by atoms with E-state index in [4.69, 9.17) is 15.0 Å². The van der Waals surface area contributed by atoms with Gasteiger partial charge in [-0.25, -0.2) is 15.0 Å². The highest BCUT2D eigenvalue weighted by Crippen LogP contribution is 2.54. The first-order chi connectivity index (χ1) is 25.4. The SMILES string of the molecule is C[C@@H]1CC2C[C@H](C)CC(c3ccc4c5ccc(-c6nc(-c7ccc(C#N)cc7)nc(-c7ccc(C#N)cc7)n6)cc5n(-c5ccccc5)c4c3)(C2)C1. The molecule has 2 bridgehead atoms. The molecule has 4 atom stereocenters. The number of benzene rings is 5. The summed E-state index contributed by atoms with van der Waals surface area (Å²) < 4.78 is 2.41. The number of rotatable bonds is 5. The highest BCUT2D eigenvalue weighted by atomic mass is 15.0. The van der Waals surface area contributed by atoms with Gasteiger partial charge >= 0.3 is 0 Å². The monoisotopic (exact) mass is 674 g/mol. The molecule has 2 heterocycles. The van der Waals surface area contributed by atoms with E-state index in [9.17, 15) is 10.5 Å². The second-order valence-corrected chi connectivity index (χ2v) is 15.3. The van der Waals surface area contributed by atoms with Crippen LogP contribution in [0.3, 0.4) is 0 Å². The summed E-state index contributed by atoms with van der Waals surface area (Å²) >= 11 is 0. The summed E-state index contributed by atoms with van der Waals surface area (Å²) in [6.45, 7) is 4.91. The zero-order valence-corrected chi connectivity index (χ0v) is 29.4. The second-order valence-electron chi connectivity index (χ2n) is 15.3. The molecule has 0 aliphatic heterocycles.